The first-order valence-corrected chi connectivity index (χ1v) is 7.84. The first-order chi connectivity index (χ1) is 10.4. The van der Waals surface area contributed by atoms with Crippen molar-refractivity contribution in [1.29, 1.82) is 0 Å². The van der Waals surface area contributed by atoms with Crippen LogP contribution in [-0.2, 0) is 11.3 Å². The zero-order valence-electron chi connectivity index (χ0n) is 14.1. The van der Waals surface area contributed by atoms with Crippen LogP contribution in [-0.4, -0.2) is 24.4 Å². The van der Waals surface area contributed by atoms with Crippen LogP contribution in [0.1, 0.15) is 49.5 Å². The van der Waals surface area contributed by atoms with Crippen molar-refractivity contribution in [2.45, 2.75) is 46.2 Å². The summed E-state index contributed by atoms with van der Waals surface area (Å²) < 4.78 is 0. The van der Waals surface area contributed by atoms with Crippen molar-refractivity contribution in [3.63, 3.8) is 0 Å². The average Bonchev–Trinajstić information content (AvgIpc) is 2.49. The summed E-state index contributed by atoms with van der Waals surface area (Å²) in [5, 5.41) is 5.65. The number of carbonyl (C=O) groups is 2. The Bertz CT molecular complexity index is 506. The maximum Gasteiger partial charge on any atom is 0.251 e. The van der Waals surface area contributed by atoms with E-state index in [9.17, 15) is 9.59 Å². The van der Waals surface area contributed by atoms with E-state index < -0.39 is 6.04 Å². The maximum absolute atomic E-state index is 11.9. The Labute approximate surface area is 144 Å². The minimum atomic E-state index is -0.490. The van der Waals surface area contributed by atoms with Crippen molar-refractivity contribution in [1.82, 2.24) is 10.6 Å². The van der Waals surface area contributed by atoms with Crippen LogP contribution in [0.5, 0.6) is 0 Å². The molecule has 0 spiro atoms. The summed E-state index contributed by atoms with van der Waals surface area (Å²) in [4.78, 5) is 23.8. The first-order valence-electron chi connectivity index (χ1n) is 7.84. The monoisotopic (exact) mass is 341 g/mol. The van der Waals surface area contributed by atoms with E-state index >= 15 is 0 Å². The number of nitrogens with two attached hydrogens (primary N) is 1. The Morgan fingerprint density at radius 2 is 1.91 bits per heavy atom. The van der Waals surface area contributed by atoms with E-state index in [-0.39, 0.29) is 24.2 Å². The molecule has 1 aromatic rings. The van der Waals surface area contributed by atoms with Gasteiger partial charge < -0.3 is 16.4 Å². The number of rotatable bonds is 8. The van der Waals surface area contributed by atoms with Crippen LogP contribution in [0.25, 0.3) is 0 Å². The second kappa shape index (κ2) is 11.0. The van der Waals surface area contributed by atoms with Crippen LogP contribution in [0, 0.1) is 5.92 Å². The second-order valence-corrected chi connectivity index (χ2v) is 5.91. The van der Waals surface area contributed by atoms with Gasteiger partial charge in [0.05, 0.1) is 6.04 Å². The number of halogens is 1. The lowest BCUT2D eigenvalue weighted by molar-refractivity contribution is -0.122. The third-order valence-corrected chi connectivity index (χ3v) is 3.25. The molecule has 2 amide bonds. The van der Waals surface area contributed by atoms with Gasteiger partial charge in [-0.1, -0.05) is 32.9 Å². The van der Waals surface area contributed by atoms with Crippen molar-refractivity contribution >= 4 is 24.2 Å². The zero-order chi connectivity index (χ0) is 16.5. The summed E-state index contributed by atoms with van der Waals surface area (Å²) in [6.45, 7) is 7.10. The van der Waals surface area contributed by atoms with E-state index in [0.717, 1.165) is 12.0 Å². The zero-order valence-corrected chi connectivity index (χ0v) is 14.9. The fourth-order valence-corrected chi connectivity index (χ4v) is 2.10. The molecule has 0 unspecified atom stereocenters. The van der Waals surface area contributed by atoms with Gasteiger partial charge in [0.2, 0.25) is 5.91 Å². The summed E-state index contributed by atoms with van der Waals surface area (Å²) in [5.74, 6) is 0.132. The van der Waals surface area contributed by atoms with E-state index in [1.807, 2.05) is 32.9 Å². The molecular formula is C17H28ClN3O2. The van der Waals surface area contributed by atoms with Gasteiger partial charge in [-0.15, -0.1) is 12.4 Å². The number of benzene rings is 1. The third kappa shape index (κ3) is 8.00. The topological polar surface area (TPSA) is 84.2 Å². The van der Waals surface area contributed by atoms with Gasteiger partial charge >= 0.3 is 0 Å². The molecule has 0 aliphatic heterocycles. The van der Waals surface area contributed by atoms with Crippen molar-refractivity contribution < 1.29 is 9.59 Å². The Kier molecular flexibility index (Phi) is 10.3. The average molecular weight is 342 g/mol. The number of nitrogens with one attached hydrogen (secondary N) is 2. The molecular weight excluding hydrogens is 314 g/mol. The second-order valence-electron chi connectivity index (χ2n) is 5.91. The molecule has 0 bridgehead atoms. The van der Waals surface area contributed by atoms with Gasteiger partial charge in [-0.3, -0.25) is 9.59 Å². The normalized spacial score (nSPS) is 11.5. The predicted molar refractivity (Wildman–Crippen MR) is 95.6 cm³/mol. The fourth-order valence-electron chi connectivity index (χ4n) is 2.10. The van der Waals surface area contributed by atoms with E-state index in [1.54, 1.807) is 12.1 Å². The Hall–Kier alpha value is -1.59. The van der Waals surface area contributed by atoms with Gasteiger partial charge in [-0.05, 0) is 36.5 Å². The summed E-state index contributed by atoms with van der Waals surface area (Å²) >= 11 is 0. The van der Waals surface area contributed by atoms with E-state index in [1.165, 1.54) is 0 Å². The lowest BCUT2D eigenvalue weighted by atomic mass is 10.0. The first kappa shape index (κ1) is 21.4. The van der Waals surface area contributed by atoms with Crippen LogP contribution in [0.4, 0.5) is 0 Å². The molecule has 0 radical (unpaired) electrons. The molecule has 0 fully saturated rings. The van der Waals surface area contributed by atoms with Crippen LogP contribution in [0.2, 0.25) is 0 Å². The quantitative estimate of drug-likeness (QED) is 0.678. The van der Waals surface area contributed by atoms with E-state index in [2.05, 4.69) is 10.6 Å². The van der Waals surface area contributed by atoms with Crippen molar-refractivity contribution in [2.75, 3.05) is 6.54 Å². The molecule has 23 heavy (non-hydrogen) atoms. The molecule has 0 heterocycles. The molecule has 0 aromatic heterocycles. The Balaban J connectivity index is 0.00000484. The molecule has 130 valence electrons. The Morgan fingerprint density at radius 3 is 2.52 bits per heavy atom. The highest BCUT2D eigenvalue weighted by Crippen LogP contribution is 2.06. The highest BCUT2D eigenvalue weighted by molar-refractivity contribution is 5.94. The molecule has 0 aliphatic carbocycles. The van der Waals surface area contributed by atoms with Gasteiger partial charge in [-0.25, -0.2) is 0 Å². The summed E-state index contributed by atoms with van der Waals surface area (Å²) in [6.07, 6.45) is 1.56. The van der Waals surface area contributed by atoms with Crippen molar-refractivity contribution in [2.24, 2.45) is 11.7 Å². The molecule has 0 aliphatic rings. The Morgan fingerprint density at radius 1 is 1.22 bits per heavy atom. The highest BCUT2D eigenvalue weighted by Gasteiger charge is 2.14. The van der Waals surface area contributed by atoms with Crippen LogP contribution < -0.4 is 16.4 Å². The molecule has 0 saturated heterocycles. The standard InChI is InChI=1S/C17H27N3O2.ClH/c1-4-8-19-16(21)14-7-5-6-13(10-14)11-20-17(22)15(18)9-12(2)3;/h5-7,10,12,15H,4,8-9,11,18H2,1-3H3,(H,19,21)(H,20,22);1H/t15-;/m0./s1. The van der Waals surface area contributed by atoms with Gasteiger partial charge in [0.25, 0.3) is 5.91 Å². The predicted octanol–water partition coefficient (Wildman–Crippen LogP) is 2.24. The molecule has 0 saturated carbocycles. The van der Waals surface area contributed by atoms with Gasteiger partial charge in [0, 0.05) is 18.7 Å². The summed E-state index contributed by atoms with van der Waals surface area (Å²) in [6, 6.07) is 6.76. The van der Waals surface area contributed by atoms with Crippen LogP contribution in [0.15, 0.2) is 24.3 Å². The van der Waals surface area contributed by atoms with Crippen molar-refractivity contribution in [3.05, 3.63) is 35.4 Å². The van der Waals surface area contributed by atoms with E-state index in [0.29, 0.717) is 31.0 Å². The van der Waals surface area contributed by atoms with Gasteiger partial charge in [0.1, 0.15) is 0 Å². The maximum atomic E-state index is 11.9. The molecule has 4 N–H and O–H groups in total. The highest BCUT2D eigenvalue weighted by atomic mass is 35.5. The molecule has 1 atom stereocenters. The summed E-state index contributed by atoms with van der Waals surface area (Å²) in [7, 11) is 0. The number of hydrogen-bond acceptors (Lipinski definition) is 3. The number of hydrogen-bond donors (Lipinski definition) is 3. The minimum Gasteiger partial charge on any atom is -0.352 e. The van der Waals surface area contributed by atoms with Crippen LogP contribution in [0.3, 0.4) is 0 Å². The number of carbonyl (C=O) groups excluding carboxylic acids is 2. The lowest BCUT2D eigenvalue weighted by Gasteiger charge is -2.14. The molecule has 5 nitrogen and oxygen atoms in total. The molecule has 1 aromatic carbocycles. The van der Waals surface area contributed by atoms with Gasteiger partial charge in [-0.2, -0.15) is 0 Å². The summed E-state index contributed by atoms with van der Waals surface area (Å²) in [5.41, 5.74) is 7.33. The van der Waals surface area contributed by atoms with Crippen molar-refractivity contribution in [3.8, 4) is 0 Å². The smallest absolute Gasteiger partial charge is 0.251 e. The minimum absolute atomic E-state index is 0. The number of amides is 2. The van der Waals surface area contributed by atoms with E-state index in [4.69, 9.17) is 5.73 Å². The largest absolute Gasteiger partial charge is 0.352 e. The SMILES string of the molecule is CCCNC(=O)c1cccc(CNC(=O)[C@@H](N)CC(C)C)c1.Cl. The lowest BCUT2D eigenvalue weighted by Crippen LogP contribution is -2.41. The third-order valence-electron chi connectivity index (χ3n) is 3.25. The van der Waals surface area contributed by atoms with Gasteiger partial charge in [0.15, 0.2) is 0 Å². The molecule has 1 rings (SSSR count). The fraction of sp³-hybridized carbons (Fsp3) is 0.529. The molecule has 6 heteroatoms. The van der Waals surface area contributed by atoms with Crippen LogP contribution >= 0.6 is 12.4 Å².